The van der Waals surface area contributed by atoms with Crippen LogP contribution < -0.4 is 5.32 Å². The summed E-state index contributed by atoms with van der Waals surface area (Å²) in [5, 5.41) is 4.54. The molecule has 116 valence electrons. The second kappa shape index (κ2) is 7.48. The third-order valence-electron chi connectivity index (χ3n) is 4.31. The van der Waals surface area contributed by atoms with Crippen LogP contribution in [0.5, 0.6) is 0 Å². The molecule has 21 heavy (non-hydrogen) atoms. The number of hydrogen-bond donors (Lipinski definition) is 1. The van der Waals surface area contributed by atoms with Gasteiger partial charge in [0.2, 0.25) is 5.91 Å². The Morgan fingerprint density at radius 1 is 1.38 bits per heavy atom. The predicted octanol–water partition coefficient (Wildman–Crippen LogP) is 3.90. The van der Waals surface area contributed by atoms with Crippen LogP contribution in [-0.2, 0) is 4.79 Å². The summed E-state index contributed by atoms with van der Waals surface area (Å²) >= 11 is 12.2. The van der Waals surface area contributed by atoms with Crippen LogP contribution in [0.1, 0.15) is 37.8 Å². The standard InChI is InChI=1S/C16H22Cl2N2O/c1-11(14-4-3-13(17)10-15(14)18)20(2)16(21)9-12-5-7-19-8-6-12/h3-4,10-12,19H,5-9H2,1-2H3. The fraction of sp³-hybridized carbons (Fsp3) is 0.562. The van der Waals surface area contributed by atoms with Crippen molar-refractivity contribution in [3.8, 4) is 0 Å². The Kier molecular flexibility index (Phi) is 5.91. The van der Waals surface area contributed by atoms with Crippen molar-refractivity contribution in [2.24, 2.45) is 5.92 Å². The summed E-state index contributed by atoms with van der Waals surface area (Å²) in [6, 6.07) is 5.37. The monoisotopic (exact) mass is 328 g/mol. The molecule has 0 bridgehead atoms. The van der Waals surface area contributed by atoms with Crippen LogP contribution >= 0.6 is 23.2 Å². The number of carbonyl (C=O) groups excluding carboxylic acids is 1. The number of rotatable bonds is 4. The van der Waals surface area contributed by atoms with Gasteiger partial charge in [0, 0.05) is 23.5 Å². The van der Waals surface area contributed by atoms with Crippen LogP contribution in [0.15, 0.2) is 18.2 Å². The van der Waals surface area contributed by atoms with E-state index in [4.69, 9.17) is 23.2 Å². The quantitative estimate of drug-likeness (QED) is 0.908. The van der Waals surface area contributed by atoms with E-state index in [-0.39, 0.29) is 11.9 Å². The van der Waals surface area contributed by atoms with E-state index in [1.54, 1.807) is 11.0 Å². The van der Waals surface area contributed by atoms with Crippen molar-refractivity contribution in [1.82, 2.24) is 10.2 Å². The van der Waals surface area contributed by atoms with Gasteiger partial charge in [0.15, 0.2) is 0 Å². The molecule has 1 heterocycles. The summed E-state index contributed by atoms with van der Waals surface area (Å²) in [5.74, 6) is 0.675. The van der Waals surface area contributed by atoms with E-state index in [0.29, 0.717) is 22.4 Å². The highest BCUT2D eigenvalue weighted by molar-refractivity contribution is 6.35. The molecular weight excluding hydrogens is 307 g/mol. The van der Waals surface area contributed by atoms with Gasteiger partial charge in [0.25, 0.3) is 0 Å². The maximum absolute atomic E-state index is 12.4. The van der Waals surface area contributed by atoms with Crippen LogP contribution in [0, 0.1) is 5.92 Å². The Hall–Kier alpha value is -0.770. The van der Waals surface area contributed by atoms with Gasteiger partial charge in [-0.25, -0.2) is 0 Å². The van der Waals surface area contributed by atoms with Gasteiger partial charge >= 0.3 is 0 Å². The van der Waals surface area contributed by atoms with E-state index in [1.165, 1.54) is 0 Å². The summed E-state index contributed by atoms with van der Waals surface area (Å²) in [7, 11) is 1.85. The highest BCUT2D eigenvalue weighted by Gasteiger charge is 2.23. The Labute approximate surface area is 136 Å². The zero-order valence-corrected chi connectivity index (χ0v) is 14.0. The van der Waals surface area contributed by atoms with E-state index in [0.717, 1.165) is 31.5 Å². The molecule has 1 atom stereocenters. The van der Waals surface area contributed by atoms with Crippen molar-refractivity contribution in [3.63, 3.8) is 0 Å². The van der Waals surface area contributed by atoms with Crippen molar-refractivity contribution in [1.29, 1.82) is 0 Å². The van der Waals surface area contributed by atoms with Crippen LogP contribution in [0.2, 0.25) is 10.0 Å². The highest BCUT2D eigenvalue weighted by Crippen LogP contribution is 2.30. The maximum atomic E-state index is 12.4. The Morgan fingerprint density at radius 2 is 2.05 bits per heavy atom. The average Bonchev–Trinajstić information content (AvgIpc) is 2.47. The lowest BCUT2D eigenvalue weighted by Crippen LogP contribution is -2.34. The largest absolute Gasteiger partial charge is 0.339 e. The highest BCUT2D eigenvalue weighted by atomic mass is 35.5. The number of carbonyl (C=O) groups is 1. The van der Waals surface area contributed by atoms with Crippen LogP contribution in [0.3, 0.4) is 0 Å². The number of amides is 1. The van der Waals surface area contributed by atoms with E-state index in [1.807, 2.05) is 26.1 Å². The molecule has 0 spiro atoms. The summed E-state index contributed by atoms with van der Waals surface area (Å²) < 4.78 is 0. The summed E-state index contributed by atoms with van der Waals surface area (Å²) in [6.07, 6.45) is 2.78. The fourth-order valence-electron chi connectivity index (χ4n) is 2.74. The first-order valence-corrected chi connectivity index (χ1v) is 8.16. The molecule has 1 aliphatic rings. The molecule has 1 fully saturated rings. The number of hydrogen-bond acceptors (Lipinski definition) is 2. The number of nitrogens with zero attached hydrogens (tertiary/aromatic N) is 1. The molecule has 1 amide bonds. The SMILES string of the molecule is CC(c1ccc(Cl)cc1Cl)N(C)C(=O)CC1CCNCC1. The lowest BCUT2D eigenvalue weighted by Gasteiger charge is -2.29. The van der Waals surface area contributed by atoms with Crippen LogP contribution in [-0.4, -0.2) is 30.9 Å². The molecule has 2 rings (SSSR count). The second-order valence-corrected chi connectivity index (χ2v) is 6.59. The Bertz CT molecular complexity index is 501. The van der Waals surface area contributed by atoms with Crippen molar-refractivity contribution in [3.05, 3.63) is 33.8 Å². The van der Waals surface area contributed by atoms with Gasteiger partial charge in [0.05, 0.1) is 6.04 Å². The van der Waals surface area contributed by atoms with Crippen molar-refractivity contribution in [2.75, 3.05) is 20.1 Å². The van der Waals surface area contributed by atoms with Gasteiger partial charge in [-0.15, -0.1) is 0 Å². The van der Waals surface area contributed by atoms with Gasteiger partial charge in [-0.1, -0.05) is 29.3 Å². The predicted molar refractivity (Wildman–Crippen MR) is 87.9 cm³/mol. The van der Waals surface area contributed by atoms with Gasteiger partial charge in [-0.3, -0.25) is 4.79 Å². The molecule has 1 aromatic rings. The number of nitrogens with one attached hydrogen (secondary N) is 1. The second-order valence-electron chi connectivity index (χ2n) is 5.74. The number of benzene rings is 1. The van der Waals surface area contributed by atoms with Crippen molar-refractivity contribution < 1.29 is 4.79 Å². The molecule has 1 saturated heterocycles. The molecule has 5 heteroatoms. The Balaban J connectivity index is 2.00. The fourth-order valence-corrected chi connectivity index (χ4v) is 3.31. The normalized spacial score (nSPS) is 17.5. The smallest absolute Gasteiger partial charge is 0.223 e. The van der Waals surface area contributed by atoms with Crippen LogP contribution in [0.4, 0.5) is 0 Å². The molecule has 1 N–H and O–H groups in total. The van der Waals surface area contributed by atoms with Crippen molar-refractivity contribution in [2.45, 2.75) is 32.2 Å². The van der Waals surface area contributed by atoms with Crippen LogP contribution in [0.25, 0.3) is 0 Å². The van der Waals surface area contributed by atoms with Gasteiger partial charge in [0.1, 0.15) is 0 Å². The lowest BCUT2D eigenvalue weighted by atomic mass is 9.93. The molecular formula is C16H22Cl2N2O. The summed E-state index contributed by atoms with van der Waals surface area (Å²) in [4.78, 5) is 14.2. The van der Waals surface area contributed by atoms with E-state index in [9.17, 15) is 4.79 Å². The minimum Gasteiger partial charge on any atom is -0.339 e. The minimum atomic E-state index is -0.0519. The number of piperidine rings is 1. The molecule has 3 nitrogen and oxygen atoms in total. The molecule has 1 unspecified atom stereocenters. The minimum absolute atomic E-state index is 0.0519. The third-order valence-corrected chi connectivity index (χ3v) is 4.87. The van der Waals surface area contributed by atoms with Gasteiger partial charge in [-0.05, 0) is 56.5 Å². The van der Waals surface area contributed by atoms with Gasteiger partial charge < -0.3 is 10.2 Å². The first-order chi connectivity index (χ1) is 9.99. The lowest BCUT2D eigenvalue weighted by molar-refractivity contribution is -0.133. The molecule has 1 aromatic carbocycles. The maximum Gasteiger partial charge on any atom is 0.223 e. The first kappa shape index (κ1) is 16.6. The molecule has 0 radical (unpaired) electrons. The molecule has 0 saturated carbocycles. The molecule has 1 aliphatic heterocycles. The third kappa shape index (κ3) is 4.35. The van der Waals surface area contributed by atoms with E-state index < -0.39 is 0 Å². The zero-order chi connectivity index (χ0) is 15.4. The zero-order valence-electron chi connectivity index (χ0n) is 12.5. The van der Waals surface area contributed by atoms with E-state index in [2.05, 4.69) is 5.32 Å². The molecule has 0 aliphatic carbocycles. The summed E-state index contributed by atoms with van der Waals surface area (Å²) in [5.41, 5.74) is 0.933. The average molecular weight is 329 g/mol. The van der Waals surface area contributed by atoms with Gasteiger partial charge in [-0.2, -0.15) is 0 Å². The first-order valence-electron chi connectivity index (χ1n) is 7.40. The molecule has 0 aromatic heterocycles. The Morgan fingerprint density at radius 3 is 2.67 bits per heavy atom. The topological polar surface area (TPSA) is 32.3 Å². The summed E-state index contributed by atoms with van der Waals surface area (Å²) in [6.45, 7) is 4.02. The van der Waals surface area contributed by atoms with Crippen molar-refractivity contribution >= 4 is 29.1 Å². The van der Waals surface area contributed by atoms with E-state index >= 15 is 0 Å². The number of halogens is 2.